The summed E-state index contributed by atoms with van der Waals surface area (Å²) in [5, 5.41) is 2.54. The lowest BCUT2D eigenvalue weighted by Crippen LogP contribution is -2.35. The molecule has 1 heterocycles. The normalized spacial score (nSPS) is 14.2. The van der Waals surface area contributed by atoms with Crippen LogP contribution in [0.15, 0.2) is 47.4 Å². The molecule has 0 saturated carbocycles. The van der Waals surface area contributed by atoms with Crippen LogP contribution in [0, 0.1) is 0 Å². The molecule has 11 heteroatoms. The highest BCUT2D eigenvalue weighted by molar-refractivity contribution is 7.89. The molecule has 1 N–H and O–H groups in total. The minimum absolute atomic E-state index is 0.0513. The van der Waals surface area contributed by atoms with Gasteiger partial charge in [-0.15, -0.1) is 0 Å². The van der Waals surface area contributed by atoms with Gasteiger partial charge in [-0.25, -0.2) is 13.2 Å². The average molecular weight is 493 g/mol. The lowest BCUT2D eigenvalue weighted by atomic mass is 10.2. The van der Waals surface area contributed by atoms with E-state index in [9.17, 15) is 18.0 Å². The second-order valence-electron chi connectivity index (χ2n) is 7.50. The van der Waals surface area contributed by atoms with E-state index in [0.717, 1.165) is 19.3 Å². The standard InChI is InChI=1S/C23H28N2O8S/c1-30-17-6-8-18(9-7-17)32-16-23(27)33-15-22(26)24-20-14-19(10-11-21(20)31-2)34(28,29)25-12-4-3-5-13-25/h6-11,14H,3-5,12-13,15-16H2,1-2H3,(H,24,26). The summed E-state index contributed by atoms with van der Waals surface area (Å²) in [5.41, 5.74) is 0.163. The molecule has 3 rings (SSSR count). The molecular formula is C23H28N2O8S. The van der Waals surface area contributed by atoms with Gasteiger partial charge in [0.05, 0.1) is 24.8 Å². The molecule has 1 aliphatic heterocycles. The highest BCUT2D eigenvalue weighted by Gasteiger charge is 2.27. The predicted molar refractivity (Wildman–Crippen MR) is 124 cm³/mol. The van der Waals surface area contributed by atoms with Crippen LogP contribution < -0.4 is 19.5 Å². The van der Waals surface area contributed by atoms with Crippen LogP contribution in [-0.4, -0.2) is 65.1 Å². The van der Waals surface area contributed by atoms with Crippen LogP contribution in [-0.2, 0) is 24.3 Å². The maximum Gasteiger partial charge on any atom is 0.344 e. The summed E-state index contributed by atoms with van der Waals surface area (Å²) < 4.78 is 47.9. The molecule has 0 bridgehead atoms. The van der Waals surface area contributed by atoms with Gasteiger partial charge >= 0.3 is 5.97 Å². The Morgan fingerprint density at radius 3 is 2.24 bits per heavy atom. The summed E-state index contributed by atoms with van der Waals surface area (Å²) in [6, 6.07) is 10.9. The Hall–Kier alpha value is -3.31. The molecule has 2 aromatic carbocycles. The SMILES string of the molecule is COc1ccc(OCC(=O)OCC(=O)Nc2cc(S(=O)(=O)N3CCCCC3)ccc2OC)cc1. The van der Waals surface area contributed by atoms with Crippen LogP contribution in [0.2, 0.25) is 0 Å². The molecule has 34 heavy (non-hydrogen) atoms. The zero-order chi connectivity index (χ0) is 24.6. The maximum atomic E-state index is 12.9. The van der Waals surface area contributed by atoms with Crippen molar-refractivity contribution in [1.29, 1.82) is 0 Å². The fourth-order valence-electron chi connectivity index (χ4n) is 3.39. The van der Waals surface area contributed by atoms with Crippen molar-refractivity contribution in [2.75, 3.05) is 45.8 Å². The molecule has 0 aromatic heterocycles. The first kappa shape index (κ1) is 25.3. The lowest BCUT2D eigenvalue weighted by molar-refractivity contribution is -0.149. The summed E-state index contributed by atoms with van der Waals surface area (Å²) in [6.07, 6.45) is 2.62. The van der Waals surface area contributed by atoms with Crippen molar-refractivity contribution < 1.29 is 37.0 Å². The molecule has 1 amide bonds. The monoisotopic (exact) mass is 492 g/mol. The van der Waals surface area contributed by atoms with Gasteiger partial charge in [-0.1, -0.05) is 6.42 Å². The van der Waals surface area contributed by atoms with Gasteiger partial charge in [0, 0.05) is 13.1 Å². The third kappa shape index (κ3) is 6.61. The van der Waals surface area contributed by atoms with E-state index in [1.54, 1.807) is 24.3 Å². The Morgan fingerprint density at radius 1 is 0.912 bits per heavy atom. The number of rotatable bonds is 10. The van der Waals surface area contributed by atoms with E-state index >= 15 is 0 Å². The van der Waals surface area contributed by atoms with Crippen molar-refractivity contribution in [3.05, 3.63) is 42.5 Å². The fraction of sp³-hybridized carbons (Fsp3) is 0.391. The summed E-state index contributed by atoms with van der Waals surface area (Å²) >= 11 is 0. The number of hydrogen-bond acceptors (Lipinski definition) is 8. The first-order chi connectivity index (χ1) is 16.3. The van der Waals surface area contributed by atoms with Gasteiger partial charge in [-0.2, -0.15) is 4.31 Å². The summed E-state index contributed by atoms with van der Waals surface area (Å²) in [7, 11) is -0.750. The van der Waals surface area contributed by atoms with Crippen molar-refractivity contribution in [2.45, 2.75) is 24.2 Å². The van der Waals surface area contributed by atoms with Gasteiger partial charge in [-0.05, 0) is 55.3 Å². The zero-order valence-corrected chi connectivity index (χ0v) is 19.9. The van der Waals surface area contributed by atoms with E-state index in [4.69, 9.17) is 18.9 Å². The minimum Gasteiger partial charge on any atom is -0.497 e. The predicted octanol–water partition coefficient (Wildman–Crippen LogP) is 2.44. The number of carbonyl (C=O) groups excluding carboxylic acids is 2. The second-order valence-corrected chi connectivity index (χ2v) is 9.44. The first-order valence-electron chi connectivity index (χ1n) is 10.7. The lowest BCUT2D eigenvalue weighted by Gasteiger charge is -2.26. The number of sulfonamides is 1. The van der Waals surface area contributed by atoms with Crippen LogP contribution in [0.25, 0.3) is 0 Å². The number of nitrogens with one attached hydrogen (secondary N) is 1. The Balaban J connectivity index is 1.56. The van der Waals surface area contributed by atoms with E-state index in [1.807, 2.05) is 0 Å². The zero-order valence-electron chi connectivity index (χ0n) is 19.1. The number of ether oxygens (including phenoxy) is 4. The Morgan fingerprint density at radius 2 is 1.59 bits per heavy atom. The topological polar surface area (TPSA) is 120 Å². The van der Waals surface area contributed by atoms with Gasteiger partial charge in [0.1, 0.15) is 17.2 Å². The van der Waals surface area contributed by atoms with Gasteiger partial charge in [-0.3, -0.25) is 4.79 Å². The number of esters is 1. The van der Waals surface area contributed by atoms with E-state index in [-0.39, 0.29) is 22.9 Å². The third-order valence-electron chi connectivity index (χ3n) is 5.18. The van der Waals surface area contributed by atoms with Crippen molar-refractivity contribution in [2.24, 2.45) is 0 Å². The molecule has 10 nitrogen and oxygen atoms in total. The largest absolute Gasteiger partial charge is 0.497 e. The van der Waals surface area contributed by atoms with Crippen molar-refractivity contribution in [3.63, 3.8) is 0 Å². The Bertz CT molecular complexity index is 1100. The molecule has 0 atom stereocenters. The van der Waals surface area contributed by atoms with Gasteiger partial charge < -0.3 is 24.3 Å². The van der Waals surface area contributed by atoms with Crippen LogP contribution >= 0.6 is 0 Å². The second kappa shape index (κ2) is 11.7. The van der Waals surface area contributed by atoms with Crippen molar-refractivity contribution in [3.8, 4) is 17.2 Å². The summed E-state index contributed by atoms with van der Waals surface area (Å²) in [4.78, 5) is 24.3. The smallest absolute Gasteiger partial charge is 0.344 e. The van der Waals surface area contributed by atoms with Crippen LogP contribution in [0.4, 0.5) is 5.69 Å². The number of hydrogen-bond donors (Lipinski definition) is 1. The molecule has 184 valence electrons. The number of benzene rings is 2. The molecular weight excluding hydrogens is 464 g/mol. The third-order valence-corrected chi connectivity index (χ3v) is 7.07. The molecule has 0 aliphatic carbocycles. The molecule has 1 fully saturated rings. The fourth-order valence-corrected chi connectivity index (χ4v) is 4.93. The quantitative estimate of drug-likeness (QED) is 0.502. The van der Waals surface area contributed by atoms with Gasteiger partial charge in [0.2, 0.25) is 10.0 Å². The summed E-state index contributed by atoms with van der Waals surface area (Å²) in [5.74, 6) is -0.0171. The first-order valence-corrected chi connectivity index (χ1v) is 12.2. The van der Waals surface area contributed by atoms with Crippen LogP contribution in [0.3, 0.4) is 0 Å². The molecule has 2 aromatic rings. The van der Waals surface area contributed by atoms with Crippen molar-refractivity contribution in [1.82, 2.24) is 4.31 Å². The molecule has 0 unspecified atom stereocenters. The number of piperidine rings is 1. The number of methoxy groups -OCH3 is 2. The molecule has 1 aliphatic rings. The highest BCUT2D eigenvalue weighted by atomic mass is 32.2. The number of amides is 1. The Kier molecular flexibility index (Phi) is 8.72. The average Bonchev–Trinajstić information content (AvgIpc) is 2.87. The summed E-state index contributed by atoms with van der Waals surface area (Å²) in [6.45, 7) is -0.0290. The van der Waals surface area contributed by atoms with Gasteiger partial charge in [0.25, 0.3) is 5.91 Å². The number of anilines is 1. The molecule has 0 radical (unpaired) electrons. The van der Waals surface area contributed by atoms with E-state index in [1.165, 1.54) is 36.7 Å². The van der Waals surface area contributed by atoms with E-state index in [0.29, 0.717) is 24.6 Å². The Labute approximate surface area is 198 Å². The number of nitrogens with zero attached hydrogens (tertiary/aromatic N) is 1. The van der Waals surface area contributed by atoms with Crippen LogP contribution in [0.5, 0.6) is 17.2 Å². The number of carbonyl (C=O) groups is 2. The van der Waals surface area contributed by atoms with E-state index in [2.05, 4.69) is 5.32 Å². The molecule has 0 spiro atoms. The maximum absolute atomic E-state index is 12.9. The highest BCUT2D eigenvalue weighted by Crippen LogP contribution is 2.30. The van der Waals surface area contributed by atoms with E-state index < -0.39 is 28.5 Å². The minimum atomic E-state index is -3.69. The molecule has 1 saturated heterocycles. The van der Waals surface area contributed by atoms with Gasteiger partial charge in [0.15, 0.2) is 13.2 Å². The van der Waals surface area contributed by atoms with Crippen molar-refractivity contribution >= 4 is 27.6 Å². The van der Waals surface area contributed by atoms with Crippen LogP contribution in [0.1, 0.15) is 19.3 Å².